The SMILES string of the molecule is CC(C)(C)NS(=O)(=O)c1ccccc1CNC(=O)c1csc(CN)n1. The number of sulfonamides is 1. The lowest BCUT2D eigenvalue weighted by atomic mass is 10.1. The lowest BCUT2D eigenvalue weighted by Gasteiger charge is -2.21. The van der Waals surface area contributed by atoms with Crippen molar-refractivity contribution >= 4 is 27.3 Å². The smallest absolute Gasteiger partial charge is 0.271 e. The van der Waals surface area contributed by atoms with E-state index >= 15 is 0 Å². The van der Waals surface area contributed by atoms with E-state index in [1.54, 1.807) is 44.4 Å². The van der Waals surface area contributed by atoms with E-state index in [1.807, 2.05) is 0 Å². The number of rotatable bonds is 6. The van der Waals surface area contributed by atoms with E-state index in [4.69, 9.17) is 5.73 Å². The molecule has 0 fully saturated rings. The minimum absolute atomic E-state index is 0.0789. The van der Waals surface area contributed by atoms with E-state index in [9.17, 15) is 13.2 Å². The van der Waals surface area contributed by atoms with Gasteiger partial charge in [-0.1, -0.05) is 18.2 Å². The number of benzene rings is 1. The number of hydrogen-bond acceptors (Lipinski definition) is 6. The molecule has 1 heterocycles. The third kappa shape index (κ3) is 5.33. The molecule has 0 atom stereocenters. The second kappa shape index (κ2) is 7.61. The Hall–Kier alpha value is -1.81. The molecule has 9 heteroatoms. The van der Waals surface area contributed by atoms with Gasteiger partial charge in [-0.05, 0) is 32.4 Å². The molecule has 2 rings (SSSR count). The van der Waals surface area contributed by atoms with Crippen molar-refractivity contribution in [3.05, 3.63) is 45.9 Å². The Bertz CT molecular complexity index is 854. The Morgan fingerprint density at radius 3 is 2.56 bits per heavy atom. The van der Waals surface area contributed by atoms with Crippen molar-refractivity contribution in [2.75, 3.05) is 0 Å². The molecule has 1 amide bonds. The van der Waals surface area contributed by atoms with Gasteiger partial charge in [0.05, 0.1) is 4.90 Å². The predicted molar refractivity (Wildman–Crippen MR) is 97.7 cm³/mol. The first-order valence-electron chi connectivity index (χ1n) is 7.67. The van der Waals surface area contributed by atoms with Gasteiger partial charge in [-0.15, -0.1) is 11.3 Å². The van der Waals surface area contributed by atoms with Crippen LogP contribution in [0.1, 0.15) is 41.8 Å². The molecule has 2 aromatic rings. The van der Waals surface area contributed by atoms with Crippen molar-refractivity contribution < 1.29 is 13.2 Å². The Balaban J connectivity index is 2.17. The van der Waals surface area contributed by atoms with Gasteiger partial charge in [0.15, 0.2) is 0 Å². The minimum atomic E-state index is -3.69. The summed E-state index contributed by atoms with van der Waals surface area (Å²) in [5.74, 6) is -0.369. The molecule has 0 aliphatic carbocycles. The largest absolute Gasteiger partial charge is 0.347 e. The van der Waals surface area contributed by atoms with E-state index in [0.29, 0.717) is 10.6 Å². The van der Waals surface area contributed by atoms with Crippen LogP contribution < -0.4 is 15.8 Å². The first-order chi connectivity index (χ1) is 11.6. The van der Waals surface area contributed by atoms with Crippen molar-refractivity contribution in [3.63, 3.8) is 0 Å². The van der Waals surface area contributed by atoms with Gasteiger partial charge in [0.25, 0.3) is 5.91 Å². The summed E-state index contributed by atoms with van der Waals surface area (Å²) in [4.78, 5) is 16.4. The minimum Gasteiger partial charge on any atom is -0.347 e. The van der Waals surface area contributed by atoms with Crippen molar-refractivity contribution in [3.8, 4) is 0 Å². The third-order valence-electron chi connectivity index (χ3n) is 3.10. The van der Waals surface area contributed by atoms with Crippen molar-refractivity contribution in [1.82, 2.24) is 15.0 Å². The molecule has 0 bridgehead atoms. The van der Waals surface area contributed by atoms with Gasteiger partial charge in [0, 0.05) is 24.0 Å². The van der Waals surface area contributed by atoms with Gasteiger partial charge in [-0.3, -0.25) is 4.79 Å². The summed E-state index contributed by atoms with van der Waals surface area (Å²) in [6, 6.07) is 6.57. The van der Waals surface area contributed by atoms with E-state index in [2.05, 4.69) is 15.0 Å². The molecular formula is C16H22N4O3S2. The third-order valence-corrected chi connectivity index (χ3v) is 5.83. The maximum absolute atomic E-state index is 12.6. The normalized spacial score (nSPS) is 12.2. The average Bonchev–Trinajstić information content (AvgIpc) is 2.99. The summed E-state index contributed by atoms with van der Waals surface area (Å²) in [7, 11) is -3.69. The lowest BCUT2D eigenvalue weighted by Crippen LogP contribution is -2.41. The molecule has 136 valence electrons. The van der Waals surface area contributed by atoms with Gasteiger partial charge in [-0.25, -0.2) is 18.1 Å². The molecule has 7 nitrogen and oxygen atoms in total. The molecule has 1 aromatic carbocycles. The number of nitrogens with zero attached hydrogens (tertiary/aromatic N) is 1. The standard InChI is InChI=1S/C16H22N4O3S2/c1-16(2,3)20-25(22,23)13-7-5-4-6-11(13)9-18-15(21)12-10-24-14(8-17)19-12/h4-7,10,20H,8-9,17H2,1-3H3,(H,18,21). The monoisotopic (exact) mass is 382 g/mol. The highest BCUT2D eigenvalue weighted by atomic mass is 32.2. The van der Waals surface area contributed by atoms with Crippen LogP contribution >= 0.6 is 11.3 Å². The van der Waals surface area contributed by atoms with Crippen molar-refractivity contribution in [2.45, 2.75) is 44.3 Å². The van der Waals surface area contributed by atoms with Crippen LogP contribution in [0.2, 0.25) is 0 Å². The maximum atomic E-state index is 12.6. The molecule has 0 aliphatic heterocycles. The number of nitrogens with two attached hydrogens (primary N) is 1. The Morgan fingerprint density at radius 2 is 1.96 bits per heavy atom. The summed E-state index contributed by atoms with van der Waals surface area (Å²) < 4.78 is 27.8. The van der Waals surface area contributed by atoms with Crippen LogP contribution in [0.3, 0.4) is 0 Å². The Labute approximate surface area is 151 Å². The predicted octanol–water partition coefficient (Wildman–Crippen LogP) is 1.61. The summed E-state index contributed by atoms with van der Waals surface area (Å²) in [5.41, 5.74) is 5.66. The first kappa shape index (κ1) is 19.5. The van der Waals surface area contributed by atoms with Gasteiger partial charge in [0.1, 0.15) is 10.7 Å². The number of thiazole rings is 1. The second-order valence-electron chi connectivity index (χ2n) is 6.48. The summed E-state index contributed by atoms with van der Waals surface area (Å²) in [6.07, 6.45) is 0. The maximum Gasteiger partial charge on any atom is 0.271 e. The summed E-state index contributed by atoms with van der Waals surface area (Å²) in [5, 5.41) is 5.00. The molecule has 0 spiro atoms. The highest BCUT2D eigenvalue weighted by Gasteiger charge is 2.24. The topological polar surface area (TPSA) is 114 Å². The Morgan fingerprint density at radius 1 is 1.28 bits per heavy atom. The fraction of sp³-hybridized carbons (Fsp3) is 0.375. The van der Waals surface area contributed by atoms with Gasteiger partial charge < -0.3 is 11.1 Å². The Kier molecular flexibility index (Phi) is 5.94. The van der Waals surface area contributed by atoms with Crippen molar-refractivity contribution in [1.29, 1.82) is 0 Å². The highest BCUT2D eigenvalue weighted by molar-refractivity contribution is 7.89. The van der Waals surface area contributed by atoms with Gasteiger partial charge in [0.2, 0.25) is 10.0 Å². The van der Waals surface area contributed by atoms with E-state index < -0.39 is 15.6 Å². The van der Waals surface area contributed by atoms with Crippen LogP contribution in [0.4, 0.5) is 0 Å². The summed E-state index contributed by atoms with van der Waals surface area (Å²) in [6.45, 7) is 5.66. The molecule has 0 saturated carbocycles. The van der Waals surface area contributed by atoms with Crippen LogP contribution in [-0.4, -0.2) is 24.8 Å². The van der Waals surface area contributed by atoms with E-state index in [1.165, 1.54) is 17.4 Å². The number of amides is 1. The summed E-state index contributed by atoms with van der Waals surface area (Å²) >= 11 is 1.31. The number of nitrogens with one attached hydrogen (secondary N) is 2. The highest BCUT2D eigenvalue weighted by Crippen LogP contribution is 2.18. The zero-order valence-corrected chi connectivity index (χ0v) is 16.0. The molecule has 25 heavy (non-hydrogen) atoms. The zero-order chi connectivity index (χ0) is 18.7. The average molecular weight is 383 g/mol. The van der Waals surface area contributed by atoms with Crippen LogP contribution in [0, 0.1) is 0 Å². The number of carbonyl (C=O) groups excluding carboxylic acids is 1. The van der Waals surface area contributed by atoms with Crippen LogP contribution in [-0.2, 0) is 23.1 Å². The van der Waals surface area contributed by atoms with E-state index in [-0.39, 0.29) is 29.6 Å². The van der Waals surface area contributed by atoms with Gasteiger partial charge >= 0.3 is 0 Å². The fourth-order valence-electron chi connectivity index (χ4n) is 2.15. The molecule has 1 aromatic heterocycles. The van der Waals surface area contributed by atoms with Crippen molar-refractivity contribution in [2.24, 2.45) is 5.73 Å². The molecule has 0 unspecified atom stereocenters. The molecule has 4 N–H and O–H groups in total. The molecule has 0 saturated heterocycles. The number of hydrogen-bond donors (Lipinski definition) is 3. The molecular weight excluding hydrogens is 360 g/mol. The lowest BCUT2D eigenvalue weighted by molar-refractivity contribution is 0.0946. The van der Waals surface area contributed by atoms with Crippen LogP contribution in [0.15, 0.2) is 34.5 Å². The number of carbonyl (C=O) groups is 1. The molecule has 0 radical (unpaired) electrons. The zero-order valence-electron chi connectivity index (χ0n) is 14.4. The van der Waals surface area contributed by atoms with E-state index in [0.717, 1.165) is 0 Å². The second-order valence-corrected chi connectivity index (χ2v) is 9.07. The molecule has 0 aliphatic rings. The van der Waals surface area contributed by atoms with Crippen LogP contribution in [0.25, 0.3) is 0 Å². The first-order valence-corrected chi connectivity index (χ1v) is 10.0. The fourth-order valence-corrected chi connectivity index (χ4v) is 4.46. The quantitative estimate of drug-likeness (QED) is 0.702. The number of aromatic nitrogens is 1. The van der Waals surface area contributed by atoms with Gasteiger partial charge in [-0.2, -0.15) is 0 Å². The van der Waals surface area contributed by atoms with Crippen LogP contribution in [0.5, 0.6) is 0 Å².